The summed E-state index contributed by atoms with van der Waals surface area (Å²) in [6.07, 6.45) is 0. The Bertz CT molecular complexity index is 867. The first-order valence-electron chi connectivity index (χ1n) is 7.44. The van der Waals surface area contributed by atoms with E-state index in [1.54, 1.807) is 18.2 Å². The summed E-state index contributed by atoms with van der Waals surface area (Å²) in [7, 11) is 0. The number of nitrogens with zero attached hydrogens (tertiary/aromatic N) is 2. The highest BCUT2D eigenvalue weighted by molar-refractivity contribution is 7.81. The number of aromatic amines is 1. The fraction of sp³-hybridized carbons (Fsp3) is 0.267. The molecule has 0 bridgehead atoms. The van der Waals surface area contributed by atoms with Crippen LogP contribution in [0.5, 0.6) is 0 Å². The van der Waals surface area contributed by atoms with Crippen molar-refractivity contribution in [1.82, 2.24) is 9.97 Å². The number of halogens is 2. The van der Waals surface area contributed by atoms with Crippen molar-refractivity contribution in [2.45, 2.75) is 0 Å². The molecule has 1 aromatic carbocycles. The second-order valence-corrected chi connectivity index (χ2v) is 6.55. The summed E-state index contributed by atoms with van der Waals surface area (Å²) in [5.74, 6) is 0.467. The molecule has 0 radical (unpaired) electrons. The lowest BCUT2D eigenvalue weighted by atomic mass is 10.2. The monoisotopic (exact) mass is 399 g/mol. The van der Waals surface area contributed by atoms with Crippen LogP contribution in [-0.4, -0.2) is 41.3 Å². The number of thiocarbonyl (C=S) groups is 1. The van der Waals surface area contributed by atoms with Crippen molar-refractivity contribution in [2.75, 3.05) is 42.3 Å². The summed E-state index contributed by atoms with van der Waals surface area (Å²) >= 11 is 17.2. The molecule has 25 heavy (non-hydrogen) atoms. The van der Waals surface area contributed by atoms with Gasteiger partial charge in [0.25, 0.3) is 5.56 Å². The zero-order valence-corrected chi connectivity index (χ0v) is 15.3. The fourth-order valence-corrected chi connectivity index (χ4v) is 3.00. The number of nitrogens with two attached hydrogens (primary N) is 1. The third-order valence-electron chi connectivity index (χ3n) is 3.65. The molecule has 2 heterocycles. The molecule has 0 saturated carbocycles. The molecule has 1 fully saturated rings. The molecule has 4 N–H and O–H groups in total. The van der Waals surface area contributed by atoms with Crippen molar-refractivity contribution < 1.29 is 4.74 Å². The van der Waals surface area contributed by atoms with E-state index in [0.29, 0.717) is 48.0 Å². The molecule has 0 aliphatic carbocycles. The smallest absolute Gasteiger partial charge is 0.264 e. The standard InChI is InChI=1S/C15H15Cl2N5O2S/c16-9-2-1-8(7-10(9)17)19-14(25)11-12(18)20-15(21-13(11)23)22-3-5-24-6-4-22/h1-2,7H,3-6H2,(H,19,25)(H3,18,20,21,23). The van der Waals surface area contributed by atoms with Gasteiger partial charge in [0.2, 0.25) is 5.95 Å². The molecule has 1 aliphatic rings. The Morgan fingerprint density at radius 1 is 1.32 bits per heavy atom. The van der Waals surface area contributed by atoms with Crippen LogP contribution in [0.1, 0.15) is 5.56 Å². The highest BCUT2D eigenvalue weighted by Crippen LogP contribution is 2.25. The molecule has 0 spiro atoms. The molecule has 1 aromatic heterocycles. The van der Waals surface area contributed by atoms with Crippen molar-refractivity contribution in [3.8, 4) is 0 Å². The van der Waals surface area contributed by atoms with Crippen molar-refractivity contribution in [3.05, 3.63) is 44.2 Å². The van der Waals surface area contributed by atoms with Crippen LogP contribution in [0.3, 0.4) is 0 Å². The molecule has 3 rings (SSSR count). The van der Waals surface area contributed by atoms with Gasteiger partial charge in [0.15, 0.2) is 0 Å². The fourth-order valence-electron chi connectivity index (χ4n) is 2.39. The quantitative estimate of drug-likeness (QED) is 0.681. The molecular formula is C15H15Cl2N5O2S. The number of morpholine rings is 1. The summed E-state index contributed by atoms with van der Waals surface area (Å²) in [6.45, 7) is 2.41. The lowest BCUT2D eigenvalue weighted by Gasteiger charge is -2.27. The van der Waals surface area contributed by atoms with Gasteiger partial charge in [-0.2, -0.15) is 4.98 Å². The van der Waals surface area contributed by atoms with Crippen molar-refractivity contribution in [1.29, 1.82) is 0 Å². The molecule has 0 unspecified atom stereocenters. The molecule has 0 atom stereocenters. The van der Waals surface area contributed by atoms with E-state index in [1.165, 1.54) is 0 Å². The van der Waals surface area contributed by atoms with Crippen molar-refractivity contribution in [2.24, 2.45) is 0 Å². The first kappa shape index (κ1) is 17.9. The number of benzene rings is 1. The topological polar surface area (TPSA) is 96.3 Å². The van der Waals surface area contributed by atoms with Crippen LogP contribution in [0, 0.1) is 0 Å². The van der Waals surface area contributed by atoms with Crippen LogP contribution in [0.2, 0.25) is 10.0 Å². The Morgan fingerprint density at radius 3 is 2.68 bits per heavy atom. The minimum absolute atomic E-state index is 0.0582. The number of rotatable bonds is 3. The Morgan fingerprint density at radius 2 is 2.04 bits per heavy atom. The lowest BCUT2D eigenvalue weighted by Crippen LogP contribution is -2.39. The van der Waals surface area contributed by atoms with Gasteiger partial charge in [-0.25, -0.2) is 0 Å². The van der Waals surface area contributed by atoms with Gasteiger partial charge in [-0.05, 0) is 18.2 Å². The predicted molar refractivity (Wildman–Crippen MR) is 104 cm³/mol. The number of hydrogen-bond acceptors (Lipinski definition) is 6. The van der Waals surface area contributed by atoms with Crippen LogP contribution in [0.4, 0.5) is 17.5 Å². The van der Waals surface area contributed by atoms with Gasteiger partial charge in [-0.15, -0.1) is 0 Å². The van der Waals surface area contributed by atoms with Crippen LogP contribution in [0.15, 0.2) is 23.0 Å². The number of hydrogen-bond donors (Lipinski definition) is 3. The summed E-state index contributed by atoms with van der Waals surface area (Å²) in [5.41, 5.74) is 6.27. The molecular weight excluding hydrogens is 385 g/mol. The van der Waals surface area contributed by atoms with Gasteiger partial charge in [0.05, 0.1) is 23.3 Å². The first-order valence-corrected chi connectivity index (χ1v) is 8.61. The minimum Gasteiger partial charge on any atom is -0.383 e. The largest absolute Gasteiger partial charge is 0.383 e. The predicted octanol–water partition coefficient (Wildman–Crippen LogP) is 2.28. The van der Waals surface area contributed by atoms with E-state index in [2.05, 4.69) is 15.3 Å². The van der Waals surface area contributed by atoms with E-state index in [-0.39, 0.29) is 16.4 Å². The summed E-state index contributed by atoms with van der Waals surface area (Å²) < 4.78 is 5.28. The third-order valence-corrected chi connectivity index (χ3v) is 4.70. The van der Waals surface area contributed by atoms with E-state index in [1.807, 2.05) is 4.90 Å². The van der Waals surface area contributed by atoms with Crippen LogP contribution in [0.25, 0.3) is 0 Å². The van der Waals surface area contributed by atoms with Gasteiger partial charge >= 0.3 is 0 Å². The van der Waals surface area contributed by atoms with E-state index >= 15 is 0 Å². The van der Waals surface area contributed by atoms with Gasteiger partial charge in [-0.1, -0.05) is 35.4 Å². The maximum Gasteiger partial charge on any atom is 0.264 e. The van der Waals surface area contributed by atoms with Crippen molar-refractivity contribution in [3.63, 3.8) is 0 Å². The average molecular weight is 400 g/mol. The minimum atomic E-state index is -0.411. The summed E-state index contributed by atoms with van der Waals surface area (Å²) in [4.78, 5) is 21.5. The molecule has 7 nitrogen and oxygen atoms in total. The van der Waals surface area contributed by atoms with E-state index in [9.17, 15) is 4.79 Å². The second kappa shape index (κ2) is 7.57. The molecule has 0 amide bonds. The highest BCUT2D eigenvalue weighted by atomic mass is 35.5. The molecule has 132 valence electrons. The third kappa shape index (κ3) is 4.04. The molecule has 2 aromatic rings. The zero-order valence-electron chi connectivity index (χ0n) is 13.0. The van der Waals surface area contributed by atoms with Crippen LogP contribution >= 0.6 is 35.4 Å². The zero-order chi connectivity index (χ0) is 18.0. The number of nitrogen functional groups attached to an aromatic ring is 1. The maximum atomic E-state index is 12.4. The number of nitrogens with one attached hydrogen (secondary N) is 2. The molecule has 10 heteroatoms. The Labute approximate surface area is 159 Å². The van der Waals surface area contributed by atoms with Crippen molar-refractivity contribution >= 4 is 57.9 Å². The SMILES string of the molecule is Nc1nc(N2CCOCC2)[nH]c(=O)c1C(=S)Nc1ccc(Cl)c(Cl)c1. The number of H-pyrrole nitrogens is 1. The lowest BCUT2D eigenvalue weighted by molar-refractivity contribution is 0.122. The normalized spacial score (nSPS) is 14.4. The summed E-state index contributed by atoms with van der Waals surface area (Å²) in [5, 5.41) is 3.72. The highest BCUT2D eigenvalue weighted by Gasteiger charge is 2.19. The number of aromatic nitrogens is 2. The van der Waals surface area contributed by atoms with E-state index in [4.69, 9.17) is 45.9 Å². The summed E-state index contributed by atoms with van der Waals surface area (Å²) in [6, 6.07) is 4.93. The Balaban J connectivity index is 1.84. The van der Waals surface area contributed by atoms with Gasteiger partial charge in [-0.3, -0.25) is 9.78 Å². The Hall–Kier alpha value is -1.87. The number of anilines is 3. The van der Waals surface area contributed by atoms with E-state index < -0.39 is 5.56 Å². The first-order chi connectivity index (χ1) is 12.0. The maximum absolute atomic E-state index is 12.4. The number of ether oxygens (including phenoxy) is 1. The second-order valence-electron chi connectivity index (χ2n) is 5.33. The molecule has 1 aliphatic heterocycles. The Kier molecular flexibility index (Phi) is 5.43. The van der Waals surface area contributed by atoms with Gasteiger partial charge in [0.1, 0.15) is 16.4 Å². The molecule has 1 saturated heterocycles. The van der Waals surface area contributed by atoms with Gasteiger partial charge < -0.3 is 20.7 Å². The average Bonchev–Trinajstić information content (AvgIpc) is 2.58. The van der Waals surface area contributed by atoms with E-state index in [0.717, 1.165) is 0 Å². The van der Waals surface area contributed by atoms with Gasteiger partial charge in [0, 0.05) is 18.8 Å². The van der Waals surface area contributed by atoms with Crippen LogP contribution in [-0.2, 0) is 4.74 Å². The van der Waals surface area contributed by atoms with Crippen LogP contribution < -0.4 is 21.5 Å².